The second-order valence-corrected chi connectivity index (χ2v) is 5.57. The summed E-state index contributed by atoms with van der Waals surface area (Å²) in [6, 6.07) is 9.35. The van der Waals surface area contributed by atoms with Gasteiger partial charge in [-0.05, 0) is 46.7 Å². The molecule has 20 heavy (non-hydrogen) atoms. The van der Waals surface area contributed by atoms with Crippen molar-refractivity contribution in [2.45, 2.75) is 6.54 Å². The Morgan fingerprint density at radius 3 is 2.95 bits per heavy atom. The lowest BCUT2D eigenvalue weighted by Crippen LogP contribution is -2.24. The fourth-order valence-electron chi connectivity index (χ4n) is 1.71. The Morgan fingerprint density at radius 2 is 2.20 bits per heavy atom. The van der Waals surface area contributed by atoms with Gasteiger partial charge in [0.1, 0.15) is 16.4 Å². The first-order valence-electron chi connectivity index (χ1n) is 6.18. The highest BCUT2D eigenvalue weighted by Crippen LogP contribution is 2.12. The van der Waals surface area contributed by atoms with Crippen molar-refractivity contribution >= 4 is 27.5 Å². The first-order chi connectivity index (χ1) is 9.63. The van der Waals surface area contributed by atoms with Gasteiger partial charge < -0.3 is 4.74 Å². The highest BCUT2D eigenvalue weighted by Gasteiger charge is 2.03. The summed E-state index contributed by atoms with van der Waals surface area (Å²) in [6.07, 6.45) is 1.79. The van der Waals surface area contributed by atoms with Gasteiger partial charge in [-0.25, -0.2) is 9.97 Å². The lowest BCUT2D eigenvalue weighted by molar-refractivity contribution is 0.227. The fraction of sp³-hybridized carbons (Fsp3) is 0.286. The van der Waals surface area contributed by atoms with Gasteiger partial charge in [0.2, 0.25) is 5.88 Å². The molecule has 6 heteroatoms. The zero-order chi connectivity index (χ0) is 14.4. The molecular formula is C14H15BrClN3O. The van der Waals surface area contributed by atoms with Crippen LogP contribution in [0.3, 0.4) is 0 Å². The topological polar surface area (TPSA) is 38.2 Å². The van der Waals surface area contributed by atoms with Gasteiger partial charge in [0.05, 0.1) is 0 Å². The lowest BCUT2D eigenvalue weighted by atomic mass is 10.2. The van der Waals surface area contributed by atoms with E-state index in [0.29, 0.717) is 17.6 Å². The number of ether oxygens (including phenoxy) is 1. The van der Waals surface area contributed by atoms with Crippen LogP contribution in [-0.4, -0.2) is 35.1 Å². The standard InChI is InChI=1S/C14H15BrClN3O/c1-19(10-11-5-6-17-12(15)9-11)7-8-20-14-4-2-3-13(16)18-14/h2-6,9H,7-8,10H2,1H3. The Morgan fingerprint density at radius 1 is 1.35 bits per heavy atom. The number of hydrogen-bond acceptors (Lipinski definition) is 4. The molecule has 2 rings (SSSR count). The molecule has 0 aliphatic heterocycles. The molecule has 2 aromatic heterocycles. The minimum absolute atomic E-state index is 0.442. The van der Waals surface area contributed by atoms with E-state index in [2.05, 4.69) is 30.8 Å². The number of likely N-dealkylation sites (N-methyl/N-ethyl adjacent to an activating group) is 1. The molecule has 0 spiro atoms. The molecule has 2 aromatic rings. The van der Waals surface area contributed by atoms with E-state index in [1.165, 1.54) is 5.56 Å². The van der Waals surface area contributed by atoms with Crippen LogP contribution in [0.4, 0.5) is 0 Å². The smallest absolute Gasteiger partial charge is 0.214 e. The quantitative estimate of drug-likeness (QED) is 0.744. The van der Waals surface area contributed by atoms with Crippen LogP contribution in [0, 0.1) is 0 Å². The molecule has 106 valence electrons. The summed E-state index contributed by atoms with van der Waals surface area (Å²) in [6.45, 7) is 2.21. The van der Waals surface area contributed by atoms with Gasteiger partial charge in [-0.15, -0.1) is 0 Å². The van der Waals surface area contributed by atoms with Crippen LogP contribution in [-0.2, 0) is 6.54 Å². The van der Waals surface area contributed by atoms with E-state index >= 15 is 0 Å². The van der Waals surface area contributed by atoms with E-state index in [-0.39, 0.29) is 0 Å². The molecule has 0 aromatic carbocycles. The van der Waals surface area contributed by atoms with Gasteiger partial charge in [-0.2, -0.15) is 0 Å². The zero-order valence-electron chi connectivity index (χ0n) is 11.1. The summed E-state index contributed by atoms with van der Waals surface area (Å²) >= 11 is 9.16. The van der Waals surface area contributed by atoms with Crippen molar-refractivity contribution < 1.29 is 4.74 Å². The summed E-state index contributed by atoms with van der Waals surface area (Å²) in [5, 5.41) is 0.442. The molecule has 0 radical (unpaired) electrons. The molecule has 0 bridgehead atoms. The maximum atomic E-state index is 5.80. The van der Waals surface area contributed by atoms with Crippen LogP contribution in [0.5, 0.6) is 5.88 Å². The summed E-state index contributed by atoms with van der Waals surface area (Å²) in [4.78, 5) is 10.4. The Bertz CT molecular complexity index is 568. The van der Waals surface area contributed by atoms with Crippen LogP contribution in [0.2, 0.25) is 5.15 Å². The molecular weight excluding hydrogens is 342 g/mol. The molecule has 0 aliphatic rings. The number of hydrogen-bond donors (Lipinski definition) is 0. The van der Waals surface area contributed by atoms with E-state index in [4.69, 9.17) is 16.3 Å². The minimum atomic E-state index is 0.442. The second kappa shape index (κ2) is 7.57. The number of aromatic nitrogens is 2. The molecule has 0 unspecified atom stereocenters. The predicted octanol–water partition coefficient (Wildman–Crippen LogP) is 3.40. The van der Waals surface area contributed by atoms with Crippen molar-refractivity contribution in [3.05, 3.63) is 51.8 Å². The fourth-order valence-corrected chi connectivity index (χ4v) is 2.28. The Labute approximate surface area is 131 Å². The first-order valence-corrected chi connectivity index (χ1v) is 7.35. The lowest BCUT2D eigenvalue weighted by Gasteiger charge is -2.16. The molecule has 0 atom stereocenters. The summed E-state index contributed by atoms with van der Waals surface area (Å²) in [5.74, 6) is 0.553. The van der Waals surface area contributed by atoms with E-state index in [1.807, 2.05) is 25.2 Å². The number of rotatable bonds is 6. The van der Waals surface area contributed by atoms with E-state index in [9.17, 15) is 0 Å². The van der Waals surface area contributed by atoms with Crippen LogP contribution in [0.25, 0.3) is 0 Å². The van der Waals surface area contributed by atoms with E-state index in [1.54, 1.807) is 18.3 Å². The van der Waals surface area contributed by atoms with Crippen molar-refractivity contribution in [2.75, 3.05) is 20.2 Å². The third-order valence-electron chi connectivity index (χ3n) is 2.66. The van der Waals surface area contributed by atoms with Gasteiger partial charge in [0.25, 0.3) is 0 Å². The van der Waals surface area contributed by atoms with Crippen LogP contribution in [0.1, 0.15) is 5.56 Å². The van der Waals surface area contributed by atoms with Gasteiger partial charge in [0.15, 0.2) is 0 Å². The Balaban J connectivity index is 1.76. The number of nitrogens with zero attached hydrogens (tertiary/aromatic N) is 3. The highest BCUT2D eigenvalue weighted by molar-refractivity contribution is 9.10. The molecule has 0 saturated heterocycles. The van der Waals surface area contributed by atoms with Gasteiger partial charge in [-0.1, -0.05) is 17.7 Å². The normalized spacial score (nSPS) is 10.8. The zero-order valence-corrected chi connectivity index (χ0v) is 13.4. The maximum absolute atomic E-state index is 5.80. The second-order valence-electron chi connectivity index (χ2n) is 4.37. The van der Waals surface area contributed by atoms with Gasteiger partial charge in [0, 0.05) is 25.4 Å². The average Bonchev–Trinajstić information content (AvgIpc) is 2.38. The minimum Gasteiger partial charge on any atom is -0.476 e. The van der Waals surface area contributed by atoms with Crippen molar-refractivity contribution in [3.8, 4) is 5.88 Å². The van der Waals surface area contributed by atoms with Crippen molar-refractivity contribution in [2.24, 2.45) is 0 Å². The van der Waals surface area contributed by atoms with E-state index in [0.717, 1.165) is 17.7 Å². The largest absolute Gasteiger partial charge is 0.476 e. The Hall–Kier alpha value is -1.17. The molecule has 0 amide bonds. The summed E-state index contributed by atoms with van der Waals surface area (Å²) in [7, 11) is 2.04. The molecule has 2 heterocycles. The molecule has 0 fully saturated rings. The summed E-state index contributed by atoms with van der Waals surface area (Å²) < 4.78 is 6.41. The van der Waals surface area contributed by atoms with Crippen molar-refractivity contribution in [1.29, 1.82) is 0 Å². The highest BCUT2D eigenvalue weighted by atomic mass is 79.9. The monoisotopic (exact) mass is 355 g/mol. The SMILES string of the molecule is CN(CCOc1cccc(Cl)n1)Cc1ccnc(Br)c1. The van der Waals surface area contributed by atoms with Crippen LogP contribution < -0.4 is 4.74 Å². The first kappa shape index (κ1) is 15.2. The number of halogens is 2. The maximum Gasteiger partial charge on any atom is 0.214 e. The van der Waals surface area contributed by atoms with Crippen molar-refractivity contribution in [1.82, 2.24) is 14.9 Å². The Kier molecular flexibility index (Phi) is 5.76. The number of pyridine rings is 2. The third kappa shape index (κ3) is 5.07. The van der Waals surface area contributed by atoms with Gasteiger partial charge in [-0.3, -0.25) is 4.90 Å². The molecule has 0 N–H and O–H groups in total. The predicted molar refractivity (Wildman–Crippen MR) is 83.0 cm³/mol. The summed E-state index contributed by atoms with van der Waals surface area (Å²) in [5.41, 5.74) is 1.20. The molecule has 4 nitrogen and oxygen atoms in total. The molecule has 0 aliphatic carbocycles. The third-order valence-corrected chi connectivity index (χ3v) is 3.30. The van der Waals surface area contributed by atoms with E-state index < -0.39 is 0 Å². The van der Waals surface area contributed by atoms with Crippen LogP contribution >= 0.6 is 27.5 Å². The van der Waals surface area contributed by atoms with Gasteiger partial charge >= 0.3 is 0 Å². The van der Waals surface area contributed by atoms with Crippen LogP contribution in [0.15, 0.2) is 41.1 Å². The van der Waals surface area contributed by atoms with Crippen molar-refractivity contribution in [3.63, 3.8) is 0 Å². The molecule has 0 saturated carbocycles. The average molecular weight is 357 g/mol.